The van der Waals surface area contributed by atoms with Crippen LogP contribution in [-0.2, 0) is 14.8 Å². The lowest BCUT2D eigenvalue weighted by Gasteiger charge is -2.32. The Hall–Kier alpha value is -1.45. The van der Waals surface area contributed by atoms with Crippen molar-refractivity contribution >= 4 is 15.9 Å². The molecule has 1 aromatic heterocycles. The zero-order valence-electron chi connectivity index (χ0n) is 13.5. The van der Waals surface area contributed by atoms with Crippen molar-refractivity contribution in [2.75, 3.05) is 32.7 Å². The fourth-order valence-corrected chi connectivity index (χ4v) is 5.39. The summed E-state index contributed by atoms with van der Waals surface area (Å²) in [4.78, 5) is 14.7. The summed E-state index contributed by atoms with van der Waals surface area (Å²) in [5.74, 6) is -0.0774. The van der Waals surface area contributed by atoms with Crippen LogP contribution in [0.25, 0.3) is 0 Å². The van der Waals surface area contributed by atoms with Gasteiger partial charge in [-0.1, -0.05) is 0 Å². The Morgan fingerprint density at radius 1 is 1.22 bits per heavy atom. The largest absolute Gasteiger partial charge is 0.339 e. The summed E-state index contributed by atoms with van der Waals surface area (Å²) in [7, 11) is -3.71. The number of hydrogen-bond acceptors (Lipinski definition) is 5. The molecule has 0 spiro atoms. The topological polar surface area (TPSA) is 98.4 Å². The number of H-pyrrole nitrogens is 1. The molecule has 0 aromatic carbocycles. The lowest BCUT2D eigenvalue weighted by molar-refractivity contribution is -0.135. The summed E-state index contributed by atoms with van der Waals surface area (Å²) in [5.41, 5.74) is 0.963. The highest BCUT2D eigenvalue weighted by molar-refractivity contribution is 7.89. The molecule has 0 saturated carbocycles. The number of hydrogen-bond donors (Lipinski definition) is 2. The van der Waals surface area contributed by atoms with Crippen LogP contribution in [0.4, 0.5) is 0 Å². The van der Waals surface area contributed by atoms with Crippen LogP contribution in [0.2, 0.25) is 0 Å². The van der Waals surface area contributed by atoms with Gasteiger partial charge in [0.15, 0.2) is 0 Å². The van der Waals surface area contributed by atoms with Crippen LogP contribution in [-0.4, -0.2) is 72.5 Å². The summed E-state index contributed by atoms with van der Waals surface area (Å²) in [6, 6.07) is -0.591. The molecule has 23 heavy (non-hydrogen) atoms. The van der Waals surface area contributed by atoms with Crippen LogP contribution in [0.5, 0.6) is 0 Å². The van der Waals surface area contributed by atoms with Gasteiger partial charge in [-0.15, -0.1) is 0 Å². The van der Waals surface area contributed by atoms with Gasteiger partial charge >= 0.3 is 0 Å². The minimum absolute atomic E-state index is 0.0774. The number of aromatic nitrogens is 2. The fraction of sp³-hybridized carbons (Fsp3) is 0.714. The highest BCUT2D eigenvalue weighted by Gasteiger charge is 2.42. The summed E-state index contributed by atoms with van der Waals surface area (Å²) < 4.78 is 27.4. The third kappa shape index (κ3) is 2.88. The van der Waals surface area contributed by atoms with Gasteiger partial charge in [0.05, 0.1) is 11.4 Å². The van der Waals surface area contributed by atoms with Gasteiger partial charge in [0.1, 0.15) is 10.9 Å². The van der Waals surface area contributed by atoms with Crippen LogP contribution in [0.15, 0.2) is 4.90 Å². The van der Waals surface area contributed by atoms with E-state index in [1.807, 2.05) is 0 Å². The molecule has 2 saturated heterocycles. The van der Waals surface area contributed by atoms with E-state index in [4.69, 9.17) is 0 Å². The Kier molecular flexibility index (Phi) is 4.43. The molecule has 8 nitrogen and oxygen atoms in total. The van der Waals surface area contributed by atoms with Crippen molar-refractivity contribution in [2.45, 2.75) is 37.6 Å². The molecule has 0 radical (unpaired) electrons. The van der Waals surface area contributed by atoms with Crippen LogP contribution >= 0.6 is 0 Å². The van der Waals surface area contributed by atoms with Gasteiger partial charge in [0, 0.05) is 32.7 Å². The van der Waals surface area contributed by atoms with E-state index in [0.29, 0.717) is 43.9 Å². The highest BCUT2D eigenvalue weighted by atomic mass is 32.2. The Morgan fingerprint density at radius 3 is 2.52 bits per heavy atom. The third-order valence-electron chi connectivity index (χ3n) is 4.54. The minimum atomic E-state index is -3.71. The molecule has 3 rings (SSSR count). The average molecular weight is 341 g/mol. The fourth-order valence-electron chi connectivity index (χ4n) is 3.41. The van der Waals surface area contributed by atoms with Gasteiger partial charge < -0.3 is 10.2 Å². The Morgan fingerprint density at radius 2 is 1.91 bits per heavy atom. The van der Waals surface area contributed by atoms with Crippen molar-refractivity contribution in [3.05, 3.63) is 11.4 Å². The molecule has 1 aromatic rings. The normalized spacial score (nSPS) is 23.4. The quantitative estimate of drug-likeness (QED) is 0.780. The number of aromatic amines is 1. The first-order valence-electron chi connectivity index (χ1n) is 7.96. The summed E-state index contributed by atoms with van der Waals surface area (Å²) >= 11 is 0. The number of aryl methyl sites for hydroxylation is 2. The van der Waals surface area contributed by atoms with Gasteiger partial charge in [-0.2, -0.15) is 9.40 Å². The van der Waals surface area contributed by atoms with Crippen LogP contribution < -0.4 is 5.32 Å². The Balaban J connectivity index is 1.87. The SMILES string of the molecule is Cc1n[nH]c(C)c1S(=O)(=O)N1CCCC1C(=O)N1CCNCC1. The van der Waals surface area contributed by atoms with E-state index in [2.05, 4.69) is 15.5 Å². The number of sulfonamides is 1. The predicted octanol–water partition coefficient (Wildman–Crippen LogP) is -0.389. The molecule has 3 heterocycles. The minimum Gasteiger partial charge on any atom is -0.339 e. The zero-order chi connectivity index (χ0) is 16.6. The molecule has 2 fully saturated rings. The number of nitrogens with one attached hydrogen (secondary N) is 2. The highest BCUT2D eigenvalue weighted by Crippen LogP contribution is 2.29. The predicted molar refractivity (Wildman–Crippen MR) is 84.4 cm³/mol. The second-order valence-electron chi connectivity index (χ2n) is 6.11. The van der Waals surface area contributed by atoms with Crippen molar-refractivity contribution in [1.29, 1.82) is 0 Å². The summed E-state index contributed by atoms with van der Waals surface area (Å²) in [6.45, 7) is 6.51. The summed E-state index contributed by atoms with van der Waals surface area (Å²) in [5, 5.41) is 9.89. The van der Waals surface area contributed by atoms with E-state index in [9.17, 15) is 13.2 Å². The number of rotatable bonds is 3. The molecule has 0 aliphatic carbocycles. The van der Waals surface area contributed by atoms with Crippen molar-refractivity contribution in [3.8, 4) is 0 Å². The molecule has 2 aliphatic heterocycles. The number of carbonyl (C=O) groups excluding carboxylic acids is 1. The molecule has 2 N–H and O–H groups in total. The first-order chi connectivity index (χ1) is 10.9. The van der Waals surface area contributed by atoms with E-state index in [1.165, 1.54) is 4.31 Å². The van der Waals surface area contributed by atoms with Gasteiger partial charge in [-0.05, 0) is 26.7 Å². The Labute approximate surface area is 136 Å². The molecule has 1 atom stereocenters. The molecular weight excluding hydrogens is 318 g/mol. The van der Waals surface area contributed by atoms with Crippen molar-refractivity contribution < 1.29 is 13.2 Å². The number of nitrogens with zero attached hydrogens (tertiary/aromatic N) is 3. The summed E-state index contributed by atoms with van der Waals surface area (Å²) in [6.07, 6.45) is 1.29. The lowest BCUT2D eigenvalue weighted by Crippen LogP contribution is -2.53. The van der Waals surface area contributed by atoms with E-state index < -0.39 is 16.1 Å². The maximum absolute atomic E-state index is 13.0. The lowest BCUT2D eigenvalue weighted by atomic mass is 10.2. The third-order valence-corrected chi connectivity index (χ3v) is 6.72. The molecule has 9 heteroatoms. The monoisotopic (exact) mass is 341 g/mol. The standard InChI is InChI=1S/C14H23N5O3S/c1-10-13(11(2)17-16-10)23(21,22)19-7-3-4-12(19)14(20)18-8-5-15-6-9-18/h12,15H,3-9H2,1-2H3,(H,16,17). The first kappa shape index (κ1) is 16.4. The molecule has 0 bridgehead atoms. The van der Waals surface area contributed by atoms with Gasteiger partial charge in [-0.3, -0.25) is 9.89 Å². The van der Waals surface area contributed by atoms with E-state index >= 15 is 0 Å². The van der Waals surface area contributed by atoms with Crippen molar-refractivity contribution in [3.63, 3.8) is 0 Å². The molecule has 128 valence electrons. The van der Waals surface area contributed by atoms with Crippen LogP contribution in [0, 0.1) is 13.8 Å². The maximum Gasteiger partial charge on any atom is 0.247 e. The Bertz CT molecular complexity index is 674. The molecular formula is C14H23N5O3S. The van der Waals surface area contributed by atoms with E-state index in [-0.39, 0.29) is 10.8 Å². The molecule has 1 unspecified atom stereocenters. The van der Waals surface area contributed by atoms with Crippen molar-refractivity contribution in [2.24, 2.45) is 0 Å². The van der Waals surface area contributed by atoms with E-state index in [0.717, 1.165) is 13.1 Å². The molecule has 2 aliphatic rings. The average Bonchev–Trinajstić information content (AvgIpc) is 3.15. The van der Waals surface area contributed by atoms with E-state index in [1.54, 1.807) is 18.7 Å². The first-order valence-corrected chi connectivity index (χ1v) is 9.40. The molecule has 1 amide bonds. The van der Waals surface area contributed by atoms with Crippen LogP contribution in [0.1, 0.15) is 24.2 Å². The number of carbonyl (C=O) groups is 1. The van der Waals surface area contributed by atoms with Gasteiger partial charge in [0.2, 0.25) is 15.9 Å². The second-order valence-corrected chi connectivity index (χ2v) is 7.94. The van der Waals surface area contributed by atoms with Gasteiger partial charge in [-0.25, -0.2) is 8.42 Å². The zero-order valence-corrected chi connectivity index (χ0v) is 14.3. The number of amides is 1. The second kappa shape index (κ2) is 6.21. The van der Waals surface area contributed by atoms with Gasteiger partial charge in [0.25, 0.3) is 0 Å². The smallest absolute Gasteiger partial charge is 0.247 e. The number of piperazine rings is 1. The maximum atomic E-state index is 13.0. The van der Waals surface area contributed by atoms with Crippen molar-refractivity contribution in [1.82, 2.24) is 24.7 Å². The van der Waals surface area contributed by atoms with Crippen LogP contribution in [0.3, 0.4) is 0 Å².